The first-order valence-corrected chi connectivity index (χ1v) is 7.35. The molecule has 7 heteroatoms. The number of hydrogen-bond acceptors (Lipinski definition) is 7. The van der Waals surface area contributed by atoms with Crippen molar-refractivity contribution in [1.82, 2.24) is 15.0 Å². The maximum Gasteiger partial charge on any atom is 0.243 e. The van der Waals surface area contributed by atoms with Gasteiger partial charge in [-0.05, 0) is 39.5 Å². The summed E-state index contributed by atoms with van der Waals surface area (Å²) in [6.45, 7) is 7.47. The lowest BCUT2D eigenvalue weighted by Gasteiger charge is -2.32. The van der Waals surface area contributed by atoms with Gasteiger partial charge >= 0.3 is 0 Å². The minimum Gasteiger partial charge on any atom is -0.341 e. The van der Waals surface area contributed by atoms with E-state index in [1.165, 1.54) is 19.3 Å². The highest BCUT2D eigenvalue weighted by molar-refractivity contribution is 5.47. The summed E-state index contributed by atoms with van der Waals surface area (Å²) in [6.07, 6.45) is 4.72. The SMILES string of the molecule is CC1(C)CCCN1c1nc(NN)nc(N2CCCC2)n1. The molecule has 1 aromatic heterocycles. The zero-order valence-electron chi connectivity index (χ0n) is 12.3. The molecule has 20 heavy (non-hydrogen) atoms. The zero-order valence-corrected chi connectivity index (χ0v) is 12.3. The van der Waals surface area contributed by atoms with Crippen LogP contribution in [0.3, 0.4) is 0 Å². The van der Waals surface area contributed by atoms with Crippen LogP contribution in [0.25, 0.3) is 0 Å². The van der Waals surface area contributed by atoms with Crippen molar-refractivity contribution in [3.05, 3.63) is 0 Å². The molecule has 2 fully saturated rings. The molecule has 0 bridgehead atoms. The lowest BCUT2D eigenvalue weighted by molar-refractivity contribution is 0.509. The van der Waals surface area contributed by atoms with Crippen molar-refractivity contribution >= 4 is 17.8 Å². The number of anilines is 3. The molecule has 7 nitrogen and oxygen atoms in total. The van der Waals surface area contributed by atoms with Crippen molar-refractivity contribution in [2.75, 3.05) is 34.9 Å². The summed E-state index contributed by atoms with van der Waals surface area (Å²) in [5.41, 5.74) is 2.66. The molecule has 3 rings (SSSR count). The predicted molar refractivity (Wildman–Crippen MR) is 79.7 cm³/mol. The Morgan fingerprint density at radius 2 is 1.70 bits per heavy atom. The second-order valence-electron chi connectivity index (χ2n) is 6.17. The lowest BCUT2D eigenvalue weighted by Crippen LogP contribution is -2.40. The van der Waals surface area contributed by atoms with Crippen molar-refractivity contribution in [2.24, 2.45) is 5.84 Å². The first kappa shape index (κ1) is 13.4. The van der Waals surface area contributed by atoms with Gasteiger partial charge in [-0.1, -0.05) is 0 Å². The number of nitrogens with one attached hydrogen (secondary N) is 1. The Kier molecular flexibility index (Phi) is 3.37. The number of nitrogen functional groups attached to an aromatic ring is 1. The molecular formula is C13H23N7. The molecule has 1 aromatic rings. The Morgan fingerprint density at radius 3 is 2.30 bits per heavy atom. The molecule has 2 aliphatic rings. The third-order valence-corrected chi connectivity index (χ3v) is 4.27. The maximum absolute atomic E-state index is 5.51. The first-order chi connectivity index (χ1) is 9.60. The minimum absolute atomic E-state index is 0.0928. The van der Waals surface area contributed by atoms with Crippen molar-refractivity contribution in [3.63, 3.8) is 0 Å². The van der Waals surface area contributed by atoms with Crippen LogP contribution in [0, 0.1) is 0 Å². The van der Waals surface area contributed by atoms with Crippen LogP contribution in [0.2, 0.25) is 0 Å². The van der Waals surface area contributed by atoms with Gasteiger partial charge in [0.15, 0.2) is 0 Å². The van der Waals surface area contributed by atoms with Gasteiger partial charge < -0.3 is 9.80 Å². The third kappa shape index (κ3) is 2.37. The van der Waals surface area contributed by atoms with Crippen LogP contribution in [0.5, 0.6) is 0 Å². The van der Waals surface area contributed by atoms with E-state index < -0.39 is 0 Å². The maximum atomic E-state index is 5.51. The highest BCUT2D eigenvalue weighted by Gasteiger charge is 2.34. The van der Waals surface area contributed by atoms with Gasteiger partial charge in [0, 0.05) is 25.2 Å². The predicted octanol–water partition coefficient (Wildman–Crippen LogP) is 1.14. The molecule has 110 valence electrons. The highest BCUT2D eigenvalue weighted by atomic mass is 15.4. The van der Waals surface area contributed by atoms with Crippen molar-refractivity contribution < 1.29 is 0 Å². The van der Waals surface area contributed by atoms with E-state index in [9.17, 15) is 0 Å². The van der Waals surface area contributed by atoms with Crippen LogP contribution in [0.1, 0.15) is 39.5 Å². The summed E-state index contributed by atoms with van der Waals surface area (Å²) in [7, 11) is 0. The molecule has 0 saturated carbocycles. The number of aromatic nitrogens is 3. The van der Waals surface area contributed by atoms with E-state index in [0.717, 1.165) is 38.0 Å². The number of hydrazine groups is 1. The molecule has 0 amide bonds. The van der Waals surface area contributed by atoms with Gasteiger partial charge in [0.05, 0.1) is 0 Å². The normalized spacial score (nSPS) is 21.6. The van der Waals surface area contributed by atoms with Gasteiger partial charge in [0.25, 0.3) is 0 Å². The Balaban J connectivity index is 1.95. The van der Waals surface area contributed by atoms with Crippen molar-refractivity contribution in [1.29, 1.82) is 0 Å². The van der Waals surface area contributed by atoms with Gasteiger partial charge in [-0.3, -0.25) is 5.43 Å². The Bertz CT molecular complexity index is 482. The zero-order chi connectivity index (χ0) is 14.2. The summed E-state index contributed by atoms with van der Waals surface area (Å²) in [5.74, 6) is 7.43. The third-order valence-electron chi connectivity index (χ3n) is 4.27. The Labute approximate surface area is 119 Å². The van der Waals surface area contributed by atoms with E-state index in [0.29, 0.717) is 5.95 Å². The van der Waals surface area contributed by atoms with E-state index in [1.54, 1.807) is 0 Å². The molecule has 2 saturated heterocycles. The van der Waals surface area contributed by atoms with E-state index >= 15 is 0 Å². The second-order valence-corrected chi connectivity index (χ2v) is 6.17. The fourth-order valence-corrected chi connectivity index (χ4v) is 3.08. The standard InChI is InChI=1S/C13H23N7/c1-13(2)6-5-9-20(13)12-16-10(18-14)15-11(17-12)19-7-3-4-8-19/h3-9,14H2,1-2H3,(H,15,16,17,18). The largest absolute Gasteiger partial charge is 0.341 e. The second kappa shape index (κ2) is 5.05. The molecular weight excluding hydrogens is 254 g/mol. The fourth-order valence-electron chi connectivity index (χ4n) is 3.08. The number of hydrogen-bond donors (Lipinski definition) is 2. The van der Waals surface area contributed by atoms with Crippen LogP contribution < -0.4 is 21.1 Å². The number of nitrogens with two attached hydrogens (primary N) is 1. The molecule has 0 radical (unpaired) electrons. The number of rotatable bonds is 3. The number of nitrogens with zero attached hydrogens (tertiary/aromatic N) is 5. The average molecular weight is 277 g/mol. The monoisotopic (exact) mass is 277 g/mol. The van der Waals surface area contributed by atoms with E-state index in [4.69, 9.17) is 5.84 Å². The van der Waals surface area contributed by atoms with E-state index in [-0.39, 0.29) is 5.54 Å². The molecule has 3 heterocycles. The summed E-state index contributed by atoms with van der Waals surface area (Å²) >= 11 is 0. The van der Waals surface area contributed by atoms with Crippen LogP contribution in [-0.4, -0.2) is 40.1 Å². The smallest absolute Gasteiger partial charge is 0.243 e. The van der Waals surface area contributed by atoms with Gasteiger partial charge in [-0.15, -0.1) is 0 Å². The minimum atomic E-state index is 0.0928. The lowest BCUT2D eigenvalue weighted by atomic mass is 10.0. The van der Waals surface area contributed by atoms with Crippen molar-refractivity contribution in [3.8, 4) is 0 Å². The summed E-state index contributed by atoms with van der Waals surface area (Å²) in [5, 5.41) is 0. The molecule has 0 atom stereocenters. The topological polar surface area (TPSA) is 83.2 Å². The molecule has 0 unspecified atom stereocenters. The van der Waals surface area contributed by atoms with Gasteiger partial charge in [-0.2, -0.15) is 15.0 Å². The first-order valence-electron chi connectivity index (χ1n) is 7.35. The summed E-state index contributed by atoms with van der Waals surface area (Å²) < 4.78 is 0. The quantitative estimate of drug-likeness (QED) is 0.633. The van der Waals surface area contributed by atoms with Crippen LogP contribution in [0.4, 0.5) is 17.8 Å². The highest BCUT2D eigenvalue weighted by Crippen LogP contribution is 2.32. The average Bonchev–Trinajstić information content (AvgIpc) is 3.07. The van der Waals surface area contributed by atoms with Crippen LogP contribution >= 0.6 is 0 Å². The van der Waals surface area contributed by atoms with Crippen LogP contribution in [0.15, 0.2) is 0 Å². The van der Waals surface area contributed by atoms with Gasteiger partial charge in [0.2, 0.25) is 17.8 Å². The van der Waals surface area contributed by atoms with Gasteiger partial charge in [0.1, 0.15) is 0 Å². The fraction of sp³-hybridized carbons (Fsp3) is 0.769. The van der Waals surface area contributed by atoms with Crippen LogP contribution in [-0.2, 0) is 0 Å². The summed E-state index contributed by atoms with van der Waals surface area (Å²) in [4.78, 5) is 18.0. The van der Waals surface area contributed by atoms with E-state index in [2.05, 4.69) is 44.0 Å². The van der Waals surface area contributed by atoms with Gasteiger partial charge in [-0.25, -0.2) is 5.84 Å². The molecule has 0 spiro atoms. The Hall–Kier alpha value is -1.63. The van der Waals surface area contributed by atoms with E-state index in [1.807, 2.05) is 0 Å². The van der Waals surface area contributed by atoms with Crippen molar-refractivity contribution in [2.45, 2.75) is 45.1 Å². The molecule has 2 aliphatic heterocycles. The molecule has 0 aliphatic carbocycles. The molecule has 0 aromatic carbocycles. The molecule has 3 N–H and O–H groups in total. The summed E-state index contributed by atoms with van der Waals surface area (Å²) in [6, 6.07) is 0. The Morgan fingerprint density at radius 1 is 1.00 bits per heavy atom.